The number of benzene rings is 2. The molecule has 0 amide bonds. The summed E-state index contributed by atoms with van der Waals surface area (Å²) in [4.78, 5) is 17.7. The number of nitrogens with one attached hydrogen (secondary N) is 1. The number of hydrogen-bond donors (Lipinski definition) is 1. The molecule has 182 valence electrons. The molecule has 10 heteroatoms. The molecule has 6 rings (SSSR count). The molecule has 0 bridgehead atoms. The van der Waals surface area contributed by atoms with E-state index in [4.69, 9.17) is 9.72 Å². The Hall–Kier alpha value is -5.12. The molecule has 6 aromatic rings. The number of aryl methyl sites for hydroxylation is 1. The Labute approximate surface area is 212 Å². The first-order valence-corrected chi connectivity index (χ1v) is 11.7. The molecule has 4 aromatic heterocycles. The van der Waals surface area contributed by atoms with Crippen LogP contribution in [0.25, 0.3) is 22.0 Å². The molecule has 0 atom stereocenters. The third-order valence-electron chi connectivity index (χ3n) is 5.78. The Kier molecular flexibility index (Phi) is 5.96. The molecule has 0 spiro atoms. The van der Waals surface area contributed by atoms with Crippen LogP contribution in [-0.2, 0) is 20.2 Å². The standard InChI is InChI=1S/C27H23N9O/c1-35-17-21(14-32-35)24-11-20-13-30-27(33-22-5-2-4-19(10-22)16-36-9-3-6-31-36)34-25(20)12-26(24)37-18-23-15-28-7-8-29-23/h2-15,17H,16,18H2,1H3,(H,30,33,34). The minimum Gasteiger partial charge on any atom is -0.487 e. The van der Waals surface area contributed by atoms with Crippen molar-refractivity contribution in [2.75, 3.05) is 5.32 Å². The fourth-order valence-corrected chi connectivity index (χ4v) is 4.04. The fourth-order valence-electron chi connectivity index (χ4n) is 4.04. The van der Waals surface area contributed by atoms with Crippen LogP contribution in [0.1, 0.15) is 11.3 Å². The van der Waals surface area contributed by atoms with Crippen molar-refractivity contribution in [1.82, 2.24) is 39.5 Å². The van der Waals surface area contributed by atoms with Gasteiger partial charge in [-0.1, -0.05) is 12.1 Å². The Morgan fingerprint density at radius 2 is 1.92 bits per heavy atom. The summed E-state index contributed by atoms with van der Waals surface area (Å²) in [7, 11) is 1.88. The van der Waals surface area contributed by atoms with Gasteiger partial charge in [0.05, 0.1) is 30.1 Å². The third kappa shape index (κ3) is 5.13. The number of rotatable bonds is 8. The normalized spacial score (nSPS) is 11.1. The van der Waals surface area contributed by atoms with Crippen molar-refractivity contribution >= 4 is 22.5 Å². The number of fused-ring (bicyclic) bond motifs is 1. The van der Waals surface area contributed by atoms with E-state index in [9.17, 15) is 0 Å². The lowest BCUT2D eigenvalue weighted by Gasteiger charge is -2.13. The zero-order chi connectivity index (χ0) is 25.0. The number of aromatic nitrogens is 8. The van der Waals surface area contributed by atoms with Gasteiger partial charge in [-0.25, -0.2) is 9.97 Å². The molecule has 0 saturated heterocycles. The van der Waals surface area contributed by atoms with Gasteiger partial charge in [0.1, 0.15) is 12.4 Å². The van der Waals surface area contributed by atoms with Crippen LogP contribution in [0.15, 0.2) is 92.0 Å². The van der Waals surface area contributed by atoms with Crippen molar-refractivity contribution in [1.29, 1.82) is 0 Å². The maximum absolute atomic E-state index is 6.19. The first-order valence-electron chi connectivity index (χ1n) is 11.7. The van der Waals surface area contributed by atoms with Crippen molar-refractivity contribution in [3.63, 3.8) is 0 Å². The van der Waals surface area contributed by atoms with Crippen LogP contribution in [0.4, 0.5) is 11.6 Å². The van der Waals surface area contributed by atoms with E-state index in [0.717, 1.165) is 39.0 Å². The van der Waals surface area contributed by atoms with E-state index >= 15 is 0 Å². The highest BCUT2D eigenvalue weighted by Gasteiger charge is 2.13. The molecule has 0 aliphatic heterocycles. The number of hydrogen-bond acceptors (Lipinski definition) is 8. The van der Waals surface area contributed by atoms with Crippen LogP contribution >= 0.6 is 0 Å². The van der Waals surface area contributed by atoms with E-state index in [1.807, 2.05) is 66.8 Å². The second kappa shape index (κ2) is 9.86. The van der Waals surface area contributed by atoms with E-state index in [1.54, 1.807) is 29.5 Å². The molecule has 2 aromatic carbocycles. The van der Waals surface area contributed by atoms with Crippen LogP contribution in [-0.4, -0.2) is 39.5 Å². The molecule has 0 unspecified atom stereocenters. The minimum atomic E-state index is 0.284. The zero-order valence-corrected chi connectivity index (χ0v) is 20.1. The molecule has 0 saturated carbocycles. The summed E-state index contributed by atoms with van der Waals surface area (Å²) in [5.41, 5.74) is 5.35. The Bertz CT molecular complexity index is 1650. The number of anilines is 2. The molecular weight excluding hydrogens is 466 g/mol. The molecule has 0 aliphatic carbocycles. The van der Waals surface area contributed by atoms with Crippen molar-refractivity contribution in [2.45, 2.75) is 13.2 Å². The highest BCUT2D eigenvalue weighted by molar-refractivity contribution is 5.88. The molecule has 0 fully saturated rings. The van der Waals surface area contributed by atoms with E-state index < -0.39 is 0 Å². The topological polar surface area (TPSA) is 108 Å². The van der Waals surface area contributed by atoms with Gasteiger partial charge in [-0.3, -0.25) is 19.3 Å². The van der Waals surface area contributed by atoms with Gasteiger partial charge in [0.25, 0.3) is 0 Å². The average Bonchev–Trinajstić information content (AvgIpc) is 3.59. The summed E-state index contributed by atoms with van der Waals surface area (Å²) >= 11 is 0. The Morgan fingerprint density at radius 3 is 2.73 bits per heavy atom. The van der Waals surface area contributed by atoms with Gasteiger partial charge in [0, 0.05) is 72.5 Å². The van der Waals surface area contributed by atoms with Crippen molar-refractivity contribution in [2.24, 2.45) is 7.05 Å². The second-order valence-electron chi connectivity index (χ2n) is 8.52. The lowest BCUT2D eigenvalue weighted by atomic mass is 10.1. The van der Waals surface area contributed by atoms with Crippen molar-refractivity contribution < 1.29 is 4.74 Å². The molecule has 0 radical (unpaired) electrons. The first kappa shape index (κ1) is 22.4. The van der Waals surface area contributed by atoms with Gasteiger partial charge in [-0.15, -0.1) is 0 Å². The van der Waals surface area contributed by atoms with E-state index in [-0.39, 0.29) is 6.61 Å². The quantitative estimate of drug-likeness (QED) is 0.335. The molecule has 1 N–H and O–H groups in total. The largest absolute Gasteiger partial charge is 0.487 e. The van der Waals surface area contributed by atoms with Gasteiger partial charge in [0.2, 0.25) is 5.95 Å². The Balaban J connectivity index is 1.30. The zero-order valence-electron chi connectivity index (χ0n) is 20.1. The van der Waals surface area contributed by atoms with Crippen molar-refractivity contribution in [3.05, 3.63) is 103 Å². The van der Waals surface area contributed by atoms with E-state index in [0.29, 0.717) is 18.2 Å². The molecular formula is C27H23N9O. The summed E-state index contributed by atoms with van der Waals surface area (Å²) in [5, 5.41) is 12.8. The predicted octanol–water partition coefficient (Wildman–Crippen LogP) is 4.39. The van der Waals surface area contributed by atoms with Crippen LogP contribution in [0.2, 0.25) is 0 Å². The highest BCUT2D eigenvalue weighted by atomic mass is 16.5. The molecule has 0 aliphatic rings. The van der Waals surface area contributed by atoms with Gasteiger partial charge in [0.15, 0.2) is 0 Å². The van der Waals surface area contributed by atoms with Gasteiger partial charge in [-0.2, -0.15) is 10.2 Å². The van der Waals surface area contributed by atoms with Crippen LogP contribution in [0, 0.1) is 0 Å². The first-order chi connectivity index (χ1) is 18.2. The van der Waals surface area contributed by atoms with Gasteiger partial charge in [-0.05, 0) is 29.8 Å². The summed E-state index contributed by atoms with van der Waals surface area (Å²) in [6.07, 6.45) is 14.3. The Morgan fingerprint density at radius 1 is 0.946 bits per heavy atom. The second-order valence-corrected chi connectivity index (χ2v) is 8.52. The van der Waals surface area contributed by atoms with E-state index in [1.165, 1.54) is 0 Å². The van der Waals surface area contributed by atoms with Crippen LogP contribution < -0.4 is 10.1 Å². The third-order valence-corrected chi connectivity index (χ3v) is 5.78. The predicted molar refractivity (Wildman–Crippen MR) is 139 cm³/mol. The van der Waals surface area contributed by atoms with Crippen LogP contribution in [0.5, 0.6) is 5.75 Å². The molecule has 10 nitrogen and oxygen atoms in total. The van der Waals surface area contributed by atoms with Crippen LogP contribution in [0.3, 0.4) is 0 Å². The lowest BCUT2D eigenvalue weighted by molar-refractivity contribution is 0.302. The monoisotopic (exact) mass is 489 g/mol. The number of nitrogens with zero attached hydrogens (tertiary/aromatic N) is 8. The smallest absolute Gasteiger partial charge is 0.227 e. The fraction of sp³-hybridized carbons (Fsp3) is 0.111. The maximum Gasteiger partial charge on any atom is 0.227 e. The SMILES string of the molecule is Cn1cc(-c2cc3cnc(Nc4cccc(Cn5cccn5)c4)nc3cc2OCc2cnccn2)cn1. The highest BCUT2D eigenvalue weighted by Crippen LogP contribution is 2.34. The average molecular weight is 490 g/mol. The van der Waals surface area contributed by atoms with Crippen molar-refractivity contribution in [3.8, 4) is 16.9 Å². The molecule has 4 heterocycles. The summed E-state index contributed by atoms with van der Waals surface area (Å²) in [6.45, 7) is 0.969. The maximum atomic E-state index is 6.19. The summed E-state index contributed by atoms with van der Waals surface area (Å²) < 4.78 is 9.83. The molecule has 37 heavy (non-hydrogen) atoms. The summed E-state index contributed by atoms with van der Waals surface area (Å²) in [5.74, 6) is 1.18. The minimum absolute atomic E-state index is 0.284. The lowest BCUT2D eigenvalue weighted by Crippen LogP contribution is -2.02. The van der Waals surface area contributed by atoms with Gasteiger partial charge < -0.3 is 10.1 Å². The summed E-state index contributed by atoms with van der Waals surface area (Å²) in [6, 6.07) is 14.0. The number of ether oxygens (including phenoxy) is 1. The van der Waals surface area contributed by atoms with Gasteiger partial charge >= 0.3 is 0 Å². The van der Waals surface area contributed by atoms with E-state index in [2.05, 4.69) is 42.6 Å².